The number of hydrogen-bond donors (Lipinski definition) is 1. The van der Waals surface area contributed by atoms with E-state index in [0.717, 1.165) is 21.9 Å². The van der Waals surface area contributed by atoms with Gasteiger partial charge in [0, 0.05) is 26.8 Å². The van der Waals surface area contributed by atoms with Gasteiger partial charge in [0.1, 0.15) is 5.01 Å². The van der Waals surface area contributed by atoms with E-state index in [1.54, 1.807) is 23.9 Å². The monoisotopic (exact) mass is 451 g/mol. The third-order valence-electron chi connectivity index (χ3n) is 4.38. The highest BCUT2D eigenvalue weighted by atomic mass is 35.5. The summed E-state index contributed by atoms with van der Waals surface area (Å²) in [6.07, 6.45) is 0. The van der Waals surface area contributed by atoms with E-state index in [1.165, 1.54) is 21.8 Å². The van der Waals surface area contributed by atoms with Gasteiger partial charge >= 0.3 is 0 Å². The van der Waals surface area contributed by atoms with Crippen LogP contribution in [0, 0.1) is 6.92 Å². The topological polar surface area (TPSA) is 54.9 Å². The van der Waals surface area contributed by atoms with Crippen LogP contribution >= 0.6 is 34.7 Å². The van der Waals surface area contributed by atoms with Gasteiger partial charge in [-0.15, -0.1) is 22.0 Å². The van der Waals surface area contributed by atoms with E-state index < -0.39 is 0 Å². The van der Waals surface area contributed by atoms with Crippen molar-refractivity contribution in [3.63, 3.8) is 0 Å². The summed E-state index contributed by atoms with van der Waals surface area (Å²) in [4.78, 5) is 13.8. The Hall–Kier alpha value is -2.67. The molecule has 0 spiro atoms. The van der Waals surface area contributed by atoms with E-state index >= 15 is 0 Å². The molecule has 4 nitrogen and oxygen atoms in total. The molecule has 0 aliphatic heterocycles. The zero-order chi connectivity index (χ0) is 20.9. The van der Waals surface area contributed by atoms with Crippen LogP contribution in [-0.2, 0) is 5.75 Å². The zero-order valence-corrected chi connectivity index (χ0v) is 18.5. The van der Waals surface area contributed by atoms with Crippen LogP contribution in [0.5, 0.6) is 0 Å². The molecule has 4 rings (SSSR count). The minimum absolute atomic E-state index is 0.202. The third-order valence-corrected chi connectivity index (χ3v) is 6.60. The summed E-state index contributed by atoms with van der Waals surface area (Å²) < 4.78 is 0. The predicted molar refractivity (Wildman–Crippen MR) is 125 cm³/mol. The lowest BCUT2D eigenvalue weighted by molar-refractivity contribution is 0.102. The lowest BCUT2D eigenvalue weighted by Gasteiger charge is -2.05. The Labute approximate surface area is 188 Å². The van der Waals surface area contributed by atoms with E-state index in [4.69, 9.17) is 11.6 Å². The first-order chi connectivity index (χ1) is 14.6. The maximum absolute atomic E-state index is 12.5. The smallest absolute Gasteiger partial charge is 0.257 e. The number of thioether (sulfide) groups is 1. The predicted octanol–water partition coefficient (Wildman–Crippen LogP) is 6.71. The molecule has 4 aromatic rings. The van der Waals surface area contributed by atoms with Crippen LogP contribution in [0.25, 0.3) is 10.6 Å². The first kappa shape index (κ1) is 20.6. The number of halogens is 1. The number of aryl methyl sites for hydroxylation is 1. The molecular weight excluding hydrogens is 434 g/mol. The van der Waals surface area contributed by atoms with Gasteiger partial charge in [-0.25, -0.2) is 0 Å². The summed E-state index contributed by atoms with van der Waals surface area (Å²) in [7, 11) is 0. The quantitative estimate of drug-likeness (QED) is 0.331. The fourth-order valence-corrected chi connectivity index (χ4v) is 4.43. The van der Waals surface area contributed by atoms with Crippen molar-refractivity contribution in [2.24, 2.45) is 0 Å². The Morgan fingerprint density at radius 2 is 1.67 bits per heavy atom. The molecule has 0 bridgehead atoms. The molecule has 0 aliphatic rings. The van der Waals surface area contributed by atoms with Crippen molar-refractivity contribution in [1.82, 2.24) is 10.2 Å². The molecule has 7 heteroatoms. The summed E-state index contributed by atoms with van der Waals surface area (Å²) in [5.41, 5.74) is 3.92. The van der Waals surface area contributed by atoms with Gasteiger partial charge < -0.3 is 0 Å². The van der Waals surface area contributed by atoms with Crippen LogP contribution in [-0.4, -0.2) is 16.1 Å². The average Bonchev–Trinajstić information content (AvgIpc) is 3.22. The molecule has 0 aliphatic carbocycles. The number of benzene rings is 3. The second kappa shape index (κ2) is 9.43. The Bertz CT molecular complexity index is 1140. The Morgan fingerprint density at radius 1 is 0.967 bits per heavy atom. The lowest BCUT2D eigenvalue weighted by Crippen LogP contribution is -2.11. The second-order valence-corrected chi connectivity index (χ2v) is 9.13. The molecule has 1 aromatic heterocycles. The SMILES string of the molecule is Cc1ccc(SCc2ccc(C(=O)Nc3nnc(-c4ccc(Cl)cc4)s3)cc2)cc1. The number of carbonyl (C=O) groups is 1. The number of aromatic nitrogens is 2. The molecule has 1 heterocycles. The van der Waals surface area contributed by atoms with Crippen molar-refractivity contribution in [2.75, 3.05) is 5.32 Å². The molecular formula is C23H18ClN3OS2. The number of anilines is 1. The molecule has 0 unspecified atom stereocenters. The number of hydrogen-bond acceptors (Lipinski definition) is 5. The number of amides is 1. The highest BCUT2D eigenvalue weighted by molar-refractivity contribution is 7.98. The van der Waals surface area contributed by atoms with Gasteiger partial charge in [0.25, 0.3) is 5.91 Å². The summed E-state index contributed by atoms with van der Waals surface area (Å²) >= 11 is 9.02. The van der Waals surface area contributed by atoms with Crippen molar-refractivity contribution in [1.29, 1.82) is 0 Å². The maximum Gasteiger partial charge on any atom is 0.257 e. The van der Waals surface area contributed by atoms with Gasteiger partial charge in [0.05, 0.1) is 0 Å². The van der Waals surface area contributed by atoms with Crippen molar-refractivity contribution >= 4 is 45.7 Å². The van der Waals surface area contributed by atoms with Crippen LogP contribution in [0.4, 0.5) is 5.13 Å². The molecule has 0 atom stereocenters. The summed E-state index contributed by atoms with van der Waals surface area (Å²) in [6, 6.07) is 23.5. The van der Waals surface area contributed by atoms with Gasteiger partial charge in [-0.05, 0) is 48.9 Å². The minimum atomic E-state index is -0.202. The first-order valence-corrected chi connectivity index (χ1v) is 11.4. The van der Waals surface area contributed by atoms with Gasteiger partial charge in [-0.2, -0.15) is 0 Å². The molecule has 0 fully saturated rings. The van der Waals surface area contributed by atoms with Crippen LogP contribution in [0.15, 0.2) is 77.7 Å². The molecule has 1 amide bonds. The molecule has 1 N–H and O–H groups in total. The number of nitrogens with one attached hydrogen (secondary N) is 1. The fourth-order valence-electron chi connectivity index (χ4n) is 2.71. The number of rotatable bonds is 6. The van der Waals surface area contributed by atoms with E-state index in [0.29, 0.717) is 15.7 Å². The molecule has 0 saturated carbocycles. The lowest BCUT2D eigenvalue weighted by atomic mass is 10.1. The first-order valence-electron chi connectivity index (χ1n) is 9.26. The molecule has 3 aromatic carbocycles. The van der Waals surface area contributed by atoms with Crippen molar-refractivity contribution in [2.45, 2.75) is 17.6 Å². The van der Waals surface area contributed by atoms with Crippen LogP contribution in [0.1, 0.15) is 21.5 Å². The largest absolute Gasteiger partial charge is 0.296 e. The van der Waals surface area contributed by atoms with Gasteiger partial charge in [0.15, 0.2) is 0 Å². The fraction of sp³-hybridized carbons (Fsp3) is 0.0870. The summed E-state index contributed by atoms with van der Waals surface area (Å²) in [6.45, 7) is 2.08. The Balaban J connectivity index is 1.35. The van der Waals surface area contributed by atoms with Gasteiger partial charge in [0.2, 0.25) is 5.13 Å². The third kappa shape index (κ3) is 5.27. The van der Waals surface area contributed by atoms with Crippen molar-refractivity contribution in [3.8, 4) is 10.6 Å². The molecule has 0 saturated heterocycles. The zero-order valence-electron chi connectivity index (χ0n) is 16.1. The van der Waals surface area contributed by atoms with Crippen molar-refractivity contribution in [3.05, 3.63) is 94.5 Å². The number of nitrogens with zero attached hydrogens (tertiary/aromatic N) is 2. The average molecular weight is 452 g/mol. The molecule has 0 radical (unpaired) electrons. The van der Waals surface area contributed by atoms with Crippen LogP contribution < -0.4 is 5.32 Å². The van der Waals surface area contributed by atoms with E-state index in [1.807, 2.05) is 36.4 Å². The maximum atomic E-state index is 12.5. The van der Waals surface area contributed by atoms with Gasteiger partial charge in [-0.1, -0.05) is 64.9 Å². The minimum Gasteiger partial charge on any atom is -0.296 e. The van der Waals surface area contributed by atoms with Gasteiger partial charge in [-0.3, -0.25) is 10.1 Å². The molecule has 30 heavy (non-hydrogen) atoms. The van der Waals surface area contributed by atoms with E-state index in [9.17, 15) is 4.79 Å². The van der Waals surface area contributed by atoms with Crippen molar-refractivity contribution < 1.29 is 4.79 Å². The second-order valence-electron chi connectivity index (χ2n) is 6.67. The van der Waals surface area contributed by atoms with Crippen LogP contribution in [0.3, 0.4) is 0 Å². The number of carbonyl (C=O) groups excluding carboxylic acids is 1. The van der Waals surface area contributed by atoms with E-state index in [2.05, 4.69) is 46.7 Å². The van der Waals surface area contributed by atoms with E-state index in [-0.39, 0.29) is 5.91 Å². The Morgan fingerprint density at radius 3 is 2.37 bits per heavy atom. The molecule has 150 valence electrons. The normalized spacial score (nSPS) is 10.7. The van der Waals surface area contributed by atoms with Crippen LogP contribution in [0.2, 0.25) is 5.02 Å². The summed E-state index contributed by atoms with van der Waals surface area (Å²) in [5.74, 6) is 0.651. The summed E-state index contributed by atoms with van der Waals surface area (Å²) in [5, 5.41) is 12.9. The highest BCUT2D eigenvalue weighted by Crippen LogP contribution is 2.28. The standard InChI is InChI=1S/C23H18ClN3OS2/c1-15-2-12-20(13-3-15)29-14-16-4-6-17(7-5-16)21(28)25-23-27-26-22(30-23)18-8-10-19(24)11-9-18/h2-13H,14H2,1H3,(H,25,27,28). The Kier molecular flexibility index (Phi) is 6.47. The highest BCUT2D eigenvalue weighted by Gasteiger charge is 2.11.